The Morgan fingerprint density at radius 2 is 1.94 bits per heavy atom. The molecule has 0 aliphatic carbocycles. The lowest BCUT2D eigenvalue weighted by Crippen LogP contribution is -2.45. The van der Waals surface area contributed by atoms with Crippen LogP contribution in [-0.2, 0) is 14.3 Å². The molecule has 0 aromatic rings. The van der Waals surface area contributed by atoms with E-state index in [1.807, 2.05) is 5.32 Å². The van der Waals surface area contributed by atoms with Gasteiger partial charge in [0.1, 0.15) is 12.4 Å². The molecule has 0 saturated carbocycles. The number of carbonyl (C=O) groups is 3. The Bertz CT molecular complexity index is 285. The number of likely N-dealkylation sites (N-methyl/N-ethyl adjacent to an activating group) is 1. The number of hydrogen-bond acceptors (Lipinski definition) is 4. The van der Waals surface area contributed by atoms with Crippen molar-refractivity contribution in [3.05, 3.63) is 0 Å². The van der Waals surface area contributed by atoms with Gasteiger partial charge >= 0.3 is 6.03 Å². The first-order valence-electron chi connectivity index (χ1n) is 4.87. The van der Waals surface area contributed by atoms with Crippen LogP contribution in [0.3, 0.4) is 0 Å². The second-order valence-corrected chi connectivity index (χ2v) is 3.45. The fourth-order valence-electron chi connectivity index (χ4n) is 0.884. The van der Waals surface area contributed by atoms with Crippen molar-refractivity contribution in [2.75, 3.05) is 39.7 Å². The number of nitrogens with one attached hydrogen (secondary N) is 2. The van der Waals surface area contributed by atoms with Crippen LogP contribution in [0.4, 0.5) is 4.79 Å². The topological polar surface area (TPSA) is 87.7 Å². The standard InChI is InChI=1S/C9H16ClN3O4/c1-13(9(16)12-7(14)5-10)6-8(15)11-3-4-17-2/h3-6H2,1-2H3,(H,11,15)(H,12,14,16). The summed E-state index contributed by atoms with van der Waals surface area (Å²) in [5, 5.41) is 4.55. The van der Waals surface area contributed by atoms with E-state index >= 15 is 0 Å². The number of halogens is 1. The van der Waals surface area contributed by atoms with E-state index in [0.29, 0.717) is 13.2 Å². The third-order valence-corrected chi connectivity index (χ3v) is 1.97. The highest BCUT2D eigenvalue weighted by molar-refractivity contribution is 6.28. The van der Waals surface area contributed by atoms with E-state index in [1.165, 1.54) is 14.2 Å². The molecule has 0 spiro atoms. The molecule has 0 aliphatic heterocycles. The van der Waals surface area contributed by atoms with Crippen LogP contribution in [0.25, 0.3) is 0 Å². The maximum absolute atomic E-state index is 11.3. The van der Waals surface area contributed by atoms with Crippen molar-refractivity contribution in [3.8, 4) is 0 Å². The van der Waals surface area contributed by atoms with Crippen LogP contribution < -0.4 is 10.6 Å². The van der Waals surface area contributed by atoms with Crippen LogP contribution in [0.2, 0.25) is 0 Å². The van der Waals surface area contributed by atoms with E-state index in [4.69, 9.17) is 16.3 Å². The molecule has 0 heterocycles. The molecule has 17 heavy (non-hydrogen) atoms. The summed E-state index contributed by atoms with van der Waals surface area (Å²) in [5.74, 6) is -1.25. The minimum absolute atomic E-state index is 0.148. The van der Waals surface area contributed by atoms with Crippen LogP contribution >= 0.6 is 11.6 Å². The van der Waals surface area contributed by atoms with Crippen molar-refractivity contribution in [1.82, 2.24) is 15.5 Å². The lowest BCUT2D eigenvalue weighted by atomic mass is 10.5. The van der Waals surface area contributed by atoms with Gasteiger partial charge in [0.05, 0.1) is 6.61 Å². The minimum Gasteiger partial charge on any atom is -0.383 e. The molecule has 0 fully saturated rings. The average Bonchev–Trinajstić information content (AvgIpc) is 2.28. The summed E-state index contributed by atoms with van der Waals surface area (Å²) in [6.45, 7) is 0.614. The van der Waals surface area contributed by atoms with Gasteiger partial charge in [0.25, 0.3) is 0 Å². The summed E-state index contributed by atoms with van der Waals surface area (Å²) in [6.07, 6.45) is 0. The van der Waals surface area contributed by atoms with Gasteiger partial charge in [-0.3, -0.25) is 14.9 Å². The third-order valence-electron chi connectivity index (χ3n) is 1.72. The zero-order valence-electron chi connectivity index (χ0n) is 9.79. The summed E-state index contributed by atoms with van der Waals surface area (Å²) in [7, 11) is 2.91. The number of ether oxygens (including phenoxy) is 1. The lowest BCUT2D eigenvalue weighted by Gasteiger charge is -2.16. The normalized spacial score (nSPS) is 9.59. The summed E-state index contributed by atoms with van der Waals surface area (Å²) >= 11 is 5.22. The number of methoxy groups -OCH3 is 1. The predicted molar refractivity (Wildman–Crippen MR) is 61.8 cm³/mol. The van der Waals surface area contributed by atoms with Crippen molar-refractivity contribution in [3.63, 3.8) is 0 Å². The number of hydrogen-bond donors (Lipinski definition) is 2. The fourth-order valence-corrected chi connectivity index (χ4v) is 0.951. The van der Waals surface area contributed by atoms with Crippen molar-refractivity contribution in [1.29, 1.82) is 0 Å². The van der Waals surface area contributed by atoms with E-state index in [1.54, 1.807) is 0 Å². The van der Waals surface area contributed by atoms with Gasteiger partial charge in [-0.2, -0.15) is 0 Å². The molecule has 8 heteroatoms. The second kappa shape index (κ2) is 8.77. The van der Waals surface area contributed by atoms with Crippen molar-refractivity contribution >= 4 is 29.4 Å². The molecule has 2 N–H and O–H groups in total. The van der Waals surface area contributed by atoms with E-state index in [9.17, 15) is 14.4 Å². The SMILES string of the molecule is COCCNC(=O)CN(C)C(=O)NC(=O)CCl. The van der Waals surface area contributed by atoms with Gasteiger partial charge in [0, 0.05) is 20.7 Å². The highest BCUT2D eigenvalue weighted by Crippen LogP contribution is 1.85. The lowest BCUT2D eigenvalue weighted by molar-refractivity contribution is -0.122. The number of urea groups is 1. The van der Waals surface area contributed by atoms with Crippen molar-refractivity contribution in [2.24, 2.45) is 0 Å². The molecule has 0 aromatic carbocycles. The van der Waals surface area contributed by atoms with Crippen LogP contribution in [-0.4, -0.2) is 62.5 Å². The minimum atomic E-state index is -0.669. The van der Waals surface area contributed by atoms with Crippen molar-refractivity contribution in [2.45, 2.75) is 0 Å². The fraction of sp³-hybridized carbons (Fsp3) is 0.667. The van der Waals surface area contributed by atoms with Crippen LogP contribution in [0, 0.1) is 0 Å². The smallest absolute Gasteiger partial charge is 0.324 e. The largest absolute Gasteiger partial charge is 0.383 e. The summed E-state index contributed by atoms with van der Waals surface area (Å²) in [6, 6.07) is -0.669. The average molecular weight is 266 g/mol. The first-order chi connectivity index (χ1) is 8.01. The molecule has 0 aliphatic rings. The van der Waals surface area contributed by atoms with Gasteiger partial charge in [0.15, 0.2) is 0 Å². The molecule has 0 bridgehead atoms. The third kappa shape index (κ3) is 7.53. The molecule has 0 unspecified atom stereocenters. The Labute approximate surface area is 104 Å². The van der Waals surface area contributed by atoms with E-state index in [0.717, 1.165) is 4.90 Å². The summed E-state index contributed by atoms with van der Waals surface area (Å²) in [5.41, 5.74) is 0. The quantitative estimate of drug-likeness (QED) is 0.484. The van der Waals surface area contributed by atoms with E-state index in [-0.39, 0.29) is 18.3 Å². The predicted octanol–water partition coefficient (Wildman–Crippen LogP) is -0.844. The second-order valence-electron chi connectivity index (χ2n) is 3.19. The molecule has 0 aromatic heterocycles. The maximum Gasteiger partial charge on any atom is 0.324 e. The monoisotopic (exact) mass is 265 g/mol. The maximum atomic E-state index is 11.3. The molecule has 0 saturated heterocycles. The molecule has 0 rings (SSSR count). The zero-order chi connectivity index (χ0) is 13.3. The summed E-state index contributed by atoms with van der Waals surface area (Å²) < 4.78 is 4.74. The van der Waals surface area contributed by atoms with Crippen molar-refractivity contribution < 1.29 is 19.1 Å². The molecule has 0 atom stereocenters. The van der Waals surface area contributed by atoms with Crippen LogP contribution in [0.5, 0.6) is 0 Å². The van der Waals surface area contributed by atoms with Gasteiger partial charge in [-0.15, -0.1) is 11.6 Å². The molecule has 4 amide bonds. The first-order valence-corrected chi connectivity index (χ1v) is 5.41. The Morgan fingerprint density at radius 1 is 1.29 bits per heavy atom. The molecular weight excluding hydrogens is 250 g/mol. The van der Waals surface area contributed by atoms with Crippen LogP contribution in [0.1, 0.15) is 0 Å². The van der Waals surface area contributed by atoms with E-state index < -0.39 is 11.9 Å². The highest BCUT2D eigenvalue weighted by Gasteiger charge is 2.14. The number of imide groups is 1. The number of carbonyl (C=O) groups excluding carboxylic acids is 3. The number of nitrogens with zero attached hydrogens (tertiary/aromatic N) is 1. The Balaban J connectivity index is 3.90. The Hall–Kier alpha value is -1.34. The molecule has 0 radical (unpaired) electrons. The number of rotatable bonds is 6. The Morgan fingerprint density at radius 3 is 2.47 bits per heavy atom. The molecule has 98 valence electrons. The first kappa shape index (κ1) is 15.7. The summed E-state index contributed by atoms with van der Waals surface area (Å²) in [4.78, 5) is 34.5. The number of alkyl halides is 1. The van der Waals surface area contributed by atoms with Gasteiger partial charge in [-0.05, 0) is 0 Å². The highest BCUT2D eigenvalue weighted by atomic mass is 35.5. The van der Waals surface area contributed by atoms with Gasteiger partial charge in [-0.1, -0.05) is 0 Å². The van der Waals surface area contributed by atoms with Gasteiger partial charge in [-0.25, -0.2) is 4.79 Å². The van der Waals surface area contributed by atoms with E-state index in [2.05, 4.69) is 5.32 Å². The zero-order valence-corrected chi connectivity index (χ0v) is 10.5. The van der Waals surface area contributed by atoms with Gasteiger partial charge < -0.3 is 15.0 Å². The number of amides is 4. The Kier molecular flexibility index (Phi) is 8.08. The molecular formula is C9H16ClN3O4. The molecule has 7 nitrogen and oxygen atoms in total. The van der Waals surface area contributed by atoms with Crippen LogP contribution in [0.15, 0.2) is 0 Å². The van der Waals surface area contributed by atoms with Gasteiger partial charge in [0.2, 0.25) is 11.8 Å².